The summed E-state index contributed by atoms with van der Waals surface area (Å²) >= 11 is 6.11. The molecule has 0 saturated carbocycles. The number of carbonyl (C=O) groups is 1. The molecule has 1 N–H and O–H groups in total. The summed E-state index contributed by atoms with van der Waals surface area (Å²) < 4.78 is 20.6. The lowest BCUT2D eigenvalue weighted by atomic mass is 10.1. The van der Waals surface area contributed by atoms with Gasteiger partial charge < -0.3 is 10.1 Å². The maximum Gasteiger partial charge on any atom is 0.274 e. The van der Waals surface area contributed by atoms with E-state index in [4.69, 9.17) is 16.3 Å². The number of nitrogens with zero attached hydrogens (tertiary/aromatic N) is 3. The lowest BCUT2D eigenvalue weighted by molar-refractivity contribution is -0.00180. The average molecular weight is 387 g/mol. The molecule has 0 spiro atoms. The summed E-state index contributed by atoms with van der Waals surface area (Å²) in [4.78, 5) is 12.5. The highest BCUT2D eigenvalue weighted by Gasteiger charge is 2.27. The Bertz CT molecular complexity index is 974. The Balaban J connectivity index is 1.45. The minimum atomic E-state index is -0.333. The number of amides is 1. The normalized spacial score (nSPS) is 16.0. The van der Waals surface area contributed by atoms with Crippen molar-refractivity contribution in [2.45, 2.75) is 25.8 Å². The zero-order chi connectivity index (χ0) is 18.8. The lowest BCUT2D eigenvalue weighted by Gasteiger charge is -2.24. The number of benzene rings is 2. The first kappa shape index (κ1) is 17.6. The van der Waals surface area contributed by atoms with Crippen LogP contribution in [0.5, 0.6) is 0 Å². The molecule has 27 heavy (non-hydrogen) atoms. The second-order valence-electron chi connectivity index (χ2n) is 6.19. The van der Waals surface area contributed by atoms with E-state index in [9.17, 15) is 9.18 Å². The van der Waals surface area contributed by atoms with Crippen molar-refractivity contribution in [3.63, 3.8) is 0 Å². The number of ether oxygens (including phenoxy) is 1. The van der Waals surface area contributed by atoms with Crippen LogP contribution in [0.25, 0.3) is 0 Å². The molecule has 0 radical (unpaired) electrons. The molecule has 0 aliphatic carbocycles. The summed E-state index contributed by atoms with van der Waals surface area (Å²) in [5.41, 5.74) is 2.52. The minimum Gasteiger partial charge on any atom is -0.365 e. The van der Waals surface area contributed by atoms with E-state index < -0.39 is 0 Å². The van der Waals surface area contributed by atoms with Crippen LogP contribution in [0.3, 0.4) is 0 Å². The number of hydrogen-bond donors (Lipinski definition) is 1. The Kier molecular flexibility index (Phi) is 4.87. The van der Waals surface area contributed by atoms with Crippen molar-refractivity contribution < 1.29 is 13.9 Å². The highest BCUT2D eigenvalue weighted by Crippen LogP contribution is 2.27. The molecule has 0 bridgehead atoms. The van der Waals surface area contributed by atoms with Crippen LogP contribution in [0.2, 0.25) is 5.02 Å². The molecule has 4 rings (SSSR count). The molecule has 1 unspecified atom stereocenters. The van der Waals surface area contributed by atoms with Crippen LogP contribution in [-0.4, -0.2) is 20.9 Å². The van der Waals surface area contributed by atoms with Crippen molar-refractivity contribution in [2.24, 2.45) is 0 Å². The maximum absolute atomic E-state index is 13.1. The Morgan fingerprint density at radius 1 is 1.26 bits per heavy atom. The zero-order valence-corrected chi connectivity index (χ0v) is 15.0. The summed E-state index contributed by atoms with van der Waals surface area (Å²) in [6.07, 6.45) is -0.265. The number of hydrogen-bond acceptors (Lipinski definition) is 4. The van der Waals surface area contributed by atoms with Crippen molar-refractivity contribution in [3.8, 4) is 0 Å². The smallest absolute Gasteiger partial charge is 0.274 e. The molecule has 1 aliphatic rings. The third-order valence-corrected chi connectivity index (χ3v) is 4.82. The van der Waals surface area contributed by atoms with Crippen LogP contribution in [0.1, 0.15) is 33.4 Å². The summed E-state index contributed by atoms with van der Waals surface area (Å²) in [5, 5.41) is 11.5. The fourth-order valence-electron chi connectivity index (χ4n) is 2.97. The summed E-state index contributed by atoms with van der Waals surface area (Å²) in [6, 6.07) is 13.5. The molecule has 6 nitrogen and oxygen atoms in total. The molecule has 3 aromatic rings. The molecule has 2 aromatic carbocycles. The average Bonchev–Trinajstić information content (AvgIpc) is 3.11. The van der Waals surface area contributed by atoms with E-state index in [0.29, 0.717) is 23.8 Å². The number of fused-ring (bicyclic) bond motifs is 1. The summed E-state index contributed by atoms with van der Waals surface area (Å²) in [7, 11) is 0. The molecule has 1 amide bonds. The van der Waals surface area contributed by atoms with Crippen molar-refractivity contribution in [1.82, 2.24) is 20.3 Å². The standard InChI is InChI=1S/C19H16ClFN4O2/c20-15-4-2-1-3-13(15)9-22-19(26)18-16-11-27-17(10-25(16)24-23-18)12-5-7-14(21)8-6-12/h1-8,17H,9-11H2,(H,22,26). The van der Waals surface area contributed by atoms with Crippen molar-refractivity contribution in [2.75, 3.05) is 0 Å². The summed E-state index contributed by atoms with van der Waals surface area (Å²) in [5.74, 6) is -0.631. The van der Waals surface area contributed by atoms with Crippen LogP contribution >= 0.6 is 11.6 Å². The predicted octanol–water partition coefficient (Wildman–Crippen LogP) is 3.27. The van der Waals surface area contributed by atoms with E-state index >= 15 is 0 Å². The Labute approximate surface area is 159 Å². The Morgan fingerprint density at radius 2 is 2.04 bits per heavy atom. The van der Waals surface area contributed by atoms with Gasteiger partial charge in [-0.15, -0.1) is 5.10 Å². The quantitative estimate of drug-likeness (QED) is 0.747. The second kappa shape index (κ2) is 7.46. The van der Waals surface area contributed by atoms with Crippen molar-refractivity contribution in [3.05, 3.63) is 81.9 Å². The Hall–Kier alpha value is -2.77. The number of aromatic nitrogens is 3. The number of nitrogens with one attached hydrogen (secondary N) is 1. The minimum absolute atomic E-state index is 0.198. The molecule has 1 atom stereocenters. The molecule has 2 heterocycles. The first-order chi connectivity index (χ1) is 13.1. The van der Waals surface area contributed by atoms with Gasteiger partial charge in [0.05, 0.1) is 18.8 Å². The highest BCUT2D eigenvalue weighted by molar-refractivity contribution is 6.31. The van der Waals surface area contributed by atoms with Gasteiger partial charge in [-0.25, -0.2) is 9.07 Å². The second-order valence-corrected chi connectivity index (χ2v) is 6.60. The van der Waals surface area contributed by atoms with E-state index in [2.05, 4.69) is 15.6 Å². The van der Waals surface area contributed by atoms with Gasteiger partial charge in [0, 0.05) is 11.6 Å². The molecule has 1 aliphatic heterocycles. The number of carbonyl (C=O) groups excluding carboxylic acids is 1. The third kappa shape index (κ3) is 3.70. The molecule has 1 aromatic heterocycles. The first-order valence-corrected chi connectivity index (χ1v) is 8.80. The molecule has 0 saturated heterocycles. The zero-order valence-electron chi connectivity index (χ0n) is 14.2. The van der Waals surface area contributed by atoms with Crippen LogP contribution in [-0.2, 0) is 24.4 Å². The lowest BCUT2D eigenvalue weighted by Crippen LogP contribution is -2.27. The molecular weight excluding hydrogens is 371 g/mol. The molecule has 138 valence electrons. The van der Waals surface area contributed by atoms with Crippen molar-refractivity contribution in [1.29, 1.82) is 0 Å². The van der Waals surface area contributed by atoms with E-state index in [0.717, 1.165) is 11.1 Å². The van der Waals surface area contributed by atoms with Gasteiger partial charge >= 0.3 is 0 Å². The van der Waals surface area contributed by atoms with Gasteiger partial charge in [0.2, 0.25) is 0 Å². The van der Waals surface area contributed by atoms with Gasteiger partial charge in [-0.2, -0.15) is 0 Å². The molecule has 0 fully saturated rings. The van der Waals surface area contributed by atoms with Gasteiger partial charge in [-0.1, -0.05) is 47.1 Å². The van der Waals surface area contributed by atoms with Crippen LogP contribution < -0.4 is 5.32 Å². The van der Waals surface area contributed by atoms with E-state index in [1.165, 1.54) is 12.1 Å². The number of rotatable bonds is 4. The van der Waals surface area contributed by atoms with E-state index in [-0.39, 0.29) is 30.1 Å². The van der Waals surface area contributed by atoms with Gasteiger partial charge in [-0.3, -0.25) is 4.79 Å². The molecular formula is C19H16ClFN4O2. The van der Waals surface area contributed by atoms with Gasteiger partial charge in [-0.05, 0) is 29.3 Å². The Morgan fingerprint density at radius 3 is 2.81 bits per heavy atom. The largest absolute Gasteiger partial charge is 0.365 e. The fourth-order valence-corrected chi connectivity index (χ4v) is 3.17. The van der Waals surface area contributed by atoms with Crippen LogP contribution in [0.4, 0.5) is 4.39 Å². The van der Waals surface area contributed by atoms with Crippen LogP contribution in [0, 0.1) is 5.82 Å². The van der Waals surface area contributed by atoms with Crippen LogP contribution in [0.15, 0.2) is 48.5 Å². The first-order valence-electron chi connectivity index (χ1n) is 8.43. The fraction of sp³-hybridized carbons (Fsp3) is 0.211. The monoisotopic (exact) mass is 386 g/mol. The number of halogens is 2. The van der Waals surface area contributed by atoms with Gasteiger partial charge in [0.25, 0.3) is 5.91 Å². The SMILES string of the molecule is O=C(NCc1ccccc1Cl)c1nnn2c1COC(c1ccc(F)cc1)C2. The third-order valence-electron chi connectivity index (χ3n) is 4.45. The van der Waals surface area contributed by atoms with Gasteiger partial charge in [0.1, 0.15) is 11.9 Å². The van der Waals surface area contributed by atoms with Crippen molar-refractivity contribution >= 4 is 17.5 Å². The summed E-state index contributed by atoms with van der Waals surface area (Å²) in [6.45, 7) is 0.902. The molecule has 8 heteroatoms. The maximum atomic E-state index is 13.1. The van der Waals surface area contributed by atoms with E-state index in [1.54, 1.807) is 22.9 Å². The predicted molar refractivity (Wildman–Crippen MR) is 96.6 cm³/mol. The highest BCUT2D eigenvalue weighted by atomic mass is 35.5. The van der Waals surface area contributed by atoms with E-state index in [1.807, 2.05) is 18.2 Å². The topological polar surface area (TPSA) is 69.0 Å². The van der Waals surface area contributed by atoms with Gasteiger partial charge in [0.15, 0.2) is 5.69 Å².